The van der Waals surface area contributed by atoms with Gasteiger partial charge in [-0.15, -0.1) is 0 Å². The standard InChI is InChI=1S/C23H26N6/c1-12-7-8-19(15(4)14(12)3)26-22-18-9-10-24-21(18)28-23(29-22)27-20-11-13(2)25-17(6)16(20)5/h7-11H,1-6H3,(H3,24,25,26,27,28,29). The number of fused-ring (bicyclic) bond motifs is 1. The van der Waals surface area contributed by atoms with Crippen molar-refractivity contribution in [1.82, 2.24) is 19.9 Å². The number of aryl methyl sites for hydroxylation is 3. The molecule has 1 aromatic carbocycles. The Morgan fingerprint density at radius 2 is 1.55 bits per heavy atom. The number of aromatic amines is 1. The van der Waals surface area contributed by atoms with Crippen LogP contribution in [0.3, 0.4) is 0 Å². The number of hydrogen-bond acceptors (Lipinski definition) is 5. The first-order valence-corrected chi connectivity index (χ1v) is 9.74. The molecule has 4 aromatic rings. The second kappa shape index (κ2) is 7.20. The van der Waals surface area contributed by atoms with E-state index in [4.69, 9.17) is 4.98 Å². The van der Waals surface area contributed by atoms with Gasteiger partial charge >= 0.3 is 0 Å². The van der Waals surface area contributed by atoms with Crippen molar-refractivity contribution in [3.05, 3.63) is 64.1 Å². The largest absolute Gasteiger partial charge is 0.346 e. The number of aromatic nitrogens is 4. The molecule has 0 spiro atoms. The minimum absolute atomic E-state index is 0.539. The number of anilines is 4. The first-order valence-electron chi connectivity index (χ1n) is 9.74. The Labute approximate surface area is 170 Å². The predicted octanol–water partition coefficient (Wildman–Crippen LogP) is 5.69. The van der Waals surface area contributed by atoms with Crippen molar-refractivity contribution in [2.24, 2.45) is 0 Å². The molecule has 0 saturated carbocycles. The Kier molecular flexibility index (Phi) is 4.70. The number of nitrogens with one attached hydrogen (secondary N) is 3. The van der Waals surface area contributed by atoms with Gasteiger partial charge in [-0.2, -0.15) is 9.97 Å². The number of pyridine rings is 1. The zero-order valence-electron chi connectivity index (χ0n) is 17.7. The molecule has 0 atom stereocenters. The number of hydrogen-bond donors (Lipinski definition) is 3. The lowest BCUT2D eigenvalue weighted by atomic mass is 10.0. The van der Waals surface area contributed by atoms with E-state index in [0.29, 0.717) is 5.95 Å². The molecule has 29 heavy (non-hydrogen) atoms. The van der Waals surface area contributed by atoms with Crippen molar-refractivity contribution in [1.29, 1.82) is 0 Å². The van der Waals surface area contributed by atoms with Gasteiger partial charge < -0.3 is 15.6 Å². The molecule has 4 rings (SSSR count). The molecule has 0 aliphatic rings. The molecule has 0 aliphatic carbocycles. The SMILES string of the molecule is Cc1cc(Nc2nc(Nc3ccc(C)c(C)c3C)c3cc[nH]c3n2)c(C)c(C)n1. The van der Waals surface area contributed by atoms with Gasteiger partial charge in [-0.1, -0.05) is 6.07 Å². The van der Waals surface area contributed by atoms with Crippen molar-refractivity contribution in [3.8, 4) is 0 Å². The van der Waals surface area contributed by atoms with Crippen LogP contribution in [0.25, 0.3) is 11.0 Å². The van der Waals surface area contributed by atoms with Gasteiger partial charge in [-0.05, 0) is 82.0 Å². The molecule has 0 bridgehead atoms. The Morgan fingerprint density at radius 1 is 0.759 bits per heavy atom. The van der Waals surface area contributed by atoms with E-state index in [0.717, 1.165) is 45.2 Å². The lowest BCUT2D eigenvalue weighted by Gasteiger charge is -2.15. The van der Waals surface area contributed by atoms with Gasteiger partial charge in [0.2, 0.25) is 5.95 Å². The van der Waals surface area contributed by atoms with Crippen LogP contribution in [-0.4, -0.2) is 19.9 Å². The molecule has 148 valence electrons. The fourth-order valence-electron chi connectivity index (χ4n) is 3.45. The Hall–Kier alpha value is -3.41. The fourth-order valence-corrected chi connectivity index (χ4v) is 3.45. The fraction of sp³-hybridized carbons (Fsp3) is 0.261. The highest BCUT2D eigenvalue weighted by atomic mass is 15.2. The molecular weight excluding hydrogens is 360 g/mol. The first-order chi connectivity index (χ1) is 13.8. The minimum Gasteiger partial charge on any atom is -0.346 e. The average Bonchev–Trinajstić information content (AvgIpc) is 3.15. The van der Waals surface area contributed by atoms with Crippen LogP contribution in [0, 0.1) is 41.5 Å². The summed E-state index contributed by atoms with van der Waals surface area (Å²) in [7, 11) is 0. The van der Waals surface area contributed by atoms with E-state index < -0.39 is 0 Å². The molecule has 6 heteroatoms. The molecule has 0 unspecified atom stereocenters. The molecule has 3 heterocycles. The summed E-state index contributed by atoms with van der Waals surface area (Å²) in [5, 5.41) is 7.84. The van der Waals surface area contributed by atoms with E-state index in [9.17, 15) is 0 Å². The van der Waals surface area contributed by atoms with Crippen molar-refractivity contribution in [2.75, 3.05) is 10.6 Å². The summed E-state index contributed by atoms with van der Waals surface area (Å²) in [6.07, 6.45) is 1.88. The van der Waals surface area contributed by atoms with E-state index in [1.807, 2.05) is 32.2 Å². The van der Waals surface area contributed by atoms with Crippen LogP contribution in [0.5, 0.6) is 0 Å². The lowest BCUT2D eigenvalue weighted by Crippen LogP contribution is -2.05. The maximum absolute atomic E-state index is 4.78. The van der Waals surface area contributed by atoms with E-state index in [1.165, 1.54) is 16.7 Å². The highest BCUT2D eigenvalue weighted by Gasteiger charge is 2.13. The van der Waals surface area contributed by atoms with Gasteiger partial charge in [0.1, 0.15) is 11.5 Å². The van der Waals surface area contributed by atoms with Gasteiger partial charge in [-0.3, -0.25) is 4.98 Å². The Bertz CT molecular complexity index is 1220. The maximum atomic E-state index is 4.78. The summed E-state index contributed by atoms with van der Waals surface area (Å²) in [5.74, 6) is 1.31. The Balaban J connectivity index is 1.76. The molecular formula is C23H26N6. The summed E-state index contributed by atoms with van der Waals surface area (Å²) >= 11 is 0. The number of nitrogens with zero attached hydrogens (tertiary/aromatic N) is 3. The van der Waals surface area contributed by atoms with Gasteiger partial charge in [0.25, 0.3) is 0 Å². The molecule has 6 nitrogen and oxygen atoms in total. The summed E-state index contributed by atoms with van der Waals surface area (Å²) < 4.78 is 0. The zero-order chi connectivity index (χ0) is 20.7. The average molecular weight is 387 g/mol. The second-order valence-corrected chi connectivity index (χ2v) is 7.59. The number of benzene rings is 1. The molecule has 0 radical (unpaired) electrons. The van der Waals surface area contributed by atoms with Crippen molar-refractivity contribution in [3.63, 3.8) is 0 Å². The summed E-state index contributed by atoms with van der Waals surface area (Å²) in [4.78, 5) is 17.1. The van der Waals surface area contributed by atoms with Crippen molar-refractivity contribution in [2.45, 2.75) is 41.5 Å². The van der Waals surface area contributed by atoms with E-state index in [2.05, 4.69) is 65.4 Å². The van der Waals surface area contributed by atoms with Crippen LogP contribution in [-0.2, 0) is 0 Å². The third-order valence-corrected chi connectivity index (χ3v) is 5.62. The topological polar surface area (TPSA) is 78.5 Å². The minimum atomic E-state index is 0.539. The van der Waals surface area contributed by atoms with Crippen molar-refractivity contribution >= 4 is 34.2 Å². The highest BCUT2D eigenvalue weighted by Crippen LogP contribution is 2.30. The third-order valence-electron chi connectivity index (χ3n) is 5.62. The summed E-state index contributed by atoms with van der Waals surface area (Å²) in [6.45, 7) is 12.5. The van der Waals surface area contributed by atoms with Gasteiger partial charge in [0.05, 0.1) is 5.39 Å². The van der Waals surface area contributed by atoms with Crippen LogP contribution in [0.2, 0.25) is 0 Å². The normalized spacial score (nSPS) is 11.1. The molecule has 3 N–H and O–H groups in total. The zero-order valence-corrected chi connectivity index (χ0v) is 17.7. The molecule has 0 amide bonds. The van der Waals surface area contributed by atoms with E-state index >= 15 is 0 Å². The van der Waals surface area contributed by atoms with Crippen LogP contribution in [0.4, 0.5) is 23.1 Å². The highest BCUT2D eigenvalue weighted by molar-refractivity contribution is 5.90. The quantitative estimate of drug-likeness (QED) is 0.420. The second-order valence-electron chi connectivity index (χ2n) is 7.59. The first kappa shape index (κ1) is 18.9. The van der Waals surface area contributed by atoms with Crippen LogP contribution in [0.15, 0.2) is 30.5 Å². The van der Waals surface area contributed by atoms with Gasteiger partial charge in [-0.25, -0.2) is 0 Å². The lowest BCUT2D eigenvalue weighted by molar-refractivity contribution is 1.08. The predicted molar refractivity (Wildman–Crippen MR) is 120 cm³/mol. The monoisotopic (exact) mass is 386 g/mol. The van der Waals surface area contributed by atoms with Crippen LogP contribution < -0.4 is 10.6 Å². The van der Waals surface area contributed by atoms with Gasteiger partial charge in [0, 0.05) is 29.0 Å². The molecule has 0 fully saturated rings. The van der Waals surface area contributed by atoms with Crippen LogP contribution in [0.1, 0.15) is 33.6 Å². The van der Waals surface area contributed by atoms with E-state index in [1.54, 1.807) is 0 Å². The maximum Gasteiger partial charge on any atom is 0.231 e. The smallest absolute Gasteiger partial charge is 0.231 e. The summed E-state index contributed by atoms with van der Waals surface area (Å²) in [6, 6.07) is 8.24. The van der Waals surface area contributed by atoms with Crippen molar-refractivity contribution < 1.29 is 0 Å². The number of H-pyrrole nitrogens is 1. The number of rotatable bonds is 4. The Morgan fingerprint density at radius 3 is 2.34 bits per heavy atom. The van der Waals surface area contributed by atoms with Crippen LogP contribution >= 0.6 is 0 Å². The summed E-state index contributed by atoms with van der Waals surface area (Å²) in [5.41, 5.74) is 9.63. The third kappa shape index (κ3) is 3.53. The molecule has 0 aliphatic heterocycles. The van der Waals surface area contributed by atoms with Gasteiger partial charge in [0.15, 0.2) is 0 Å². The van der Waals surface area contributed by atoms with E-state index in [-0.39, 0.29) is 0 Å². The molecule has 0 saturated heterocycles. The molecule has 3 aromatic heterocycles.